The van der Waals surface area contributed by atoms with Gasteiger partial charge in [-0.25, -0.2) is 9.97 Å². The van der Waals surface area contributed by atoms with Gasteiger partial charge in [0.15, 0.2) is 5.16 Å². The van der Waals surface area contributed by atoms with Crippen LogP contribution in [0.4, 0.5) is 0 Å². The summed E-state index contributed by atoms with van der Waals surface area (Å²) in [5.41, 5.74) is 1.14. The number of ether oxygens (including phenoxy) is 1. The smallest absolute Gasteiger partial charge is 0.326 e. The maximum atomic E-state index is 12.0. The van der Waals surface area contributed by atoms with E-state index in [9.17, 15) is 4.79 Å². The fraction of sp³-hybridized carbons (Fsp3) is 0.643. The van der Waals surface area contributed by atoms with Crippen molar-refractivity contribution in [2.75, 3.05) is 19.4 Å². The summed E-state index contributed by atoms with van der Waals surface area (Å²) in [6, 6.07) is 1.93. The first kappa shape index (κ1) is 16.9. The molecule has 1 aromatic heterocycles. The largest absolute Gasteiger partial charge is 0.468 e. The summed E-state index contributed by atoms with van der Waals surface area (Å²) in [5.74, 6) is 0.269. The van der Waals surface area contributed by atoms with Crippen molar-refractivity contribution in [1.82, 2.24) is 15.3 Å². The lowest BCUT2D eigenvalue weighted by molar-refractivity contribution is -0.146. The summed E-state index contributed by atoms with van der Waals surface area (Å²) in [4.78, 5) is 20.7. The number of rotatable bonds is 7. The van der Waals surface area contributed by atoms with E-state index in [1.54, 1.807) is 0 Å². The number of thioether (sulfide) groups is 1. The van der Waals surface area contributed by atoms with Crippen molar-refractivity contribution in [3.05, 3.63) is 17.5 Å². The van der Waals surface area contributed by atoms with Gasteiger partial charge in [0.2, 0.25) is 0 Å². The zero-order valence-electron chi connectivity index (χ0n) is 12.8. The number of methoxy groups -OCH3 is 1. The first-order chi connectivity index (χ1) is 9.41. The summed E-state index contributed by atoms with van der Waals surface area (Å²) in [6.45, 7) is 8.55. The molecule has 1 unspecified atom stereocenters. The lowest BCUT2D eigenvalue weighted by Crippen LogP contribution is -2.52. The van der Waals surface area contributed by atoms with E-state index < -0.39 is 5.54 Å². The molecule has 6 heteroatoms. The van der Waals surface area contributed by atoms with Crippen LogP contribution >= 0.6 is 11.8 Å². The van der Waals surface area contributed by atoms with Gasteiger partial charge >= 0.3 is 5.97 Å². The molecule has 1 heterocycles. The SMILES string of the molecule is CCCNC(C)(CSc1nc(C)cc(C)n1)C(=O)OC. The summed E-state index contributed by atoms with van der Waals surface area (Å²) in [7, 11) is 1.41. The second-order valence-electron chi connectivity index (χ2n) is 4.97. The van der Waals surface area contributed by atoms with Gasteiger partial charge < -0.3 is 10.1 Å². The van der Waals surface area contributed by atoms with Gasteiger partial charge in [0.1, 0.15) is 5.54 Å². The Morgan fingerprint density at radius 2 is 2.00 bits per heavy atom. The molecule has 0 aliphatic heterocycles. The summed E-state index contributed by atoms with van der Waals surface area (Å²) < 4.78 is 4.89. The zero-order chi connectivity index (χ0) is 15.2. The molecular weight excluding hydrogens is 274 g/mol. The van der Waals surface area contributed by atoms with Crippen molar-refractivity contribution in [3.63, 3.8) is 0 Å². The van der Waals surface area contributed by atoms with Crippen molar-refractivity contribution in [2.45, 2.75) is 44.8 Å². The summed E-state index contributed by atoms with van der Waals surface area (Å²) in [5, 5.41) is 3.94. The van der Waals surface area contributed by atoms with E-state index in [0.717, 1.165) is 24.4 Å². The average Bonchev–Trinajstić information content (AvgIpc) is 2.41. The van der Waals surface area contributed by atoms with Gasteiger partial charge in [-0.05, 0) is 39.8 Å². The molecule has 1 rings (SSSR count). The Bertz CT molecular complexity index is 447. The van der Waals surface area contributed by atoms with Crippen LogP contribution in [-0.4, -0.2) is 40.9 Å². The third-order valence-electron chi connectivity index (χ3n) is 2.85. The summed E-state index contributed by atoms with van der Waals surface area (Å²) in [6.07, 6.45) is 0.956. The van der Waals surface area contributed by atoms with E-state index in [1.165, 1.54) is 18.9 Å². The van der Waals surface area contributed by atoms with Crippen LogP contribution in [0.25, 0.3) is 0 Å². The molecule has 0 saturated heterocycles. The normalized spacial score (nSPS) is 13.8. The molecule has 0 aromatic carbocycles. The van der Waals surface area contributed by atoms with E-state index in [4.69, 9.17) is 4.74 Å². The van der Waals surface area contributed by atoms with Gasteiger partial charge in [0, 0.05) is 17.1 Å². The Labute approximate surface area is 124 Å². The van der Waals surface area contributed by atoms with Crippen LogP contribution in [0.5, 0.6) is 0 Å². The lowest BCUT2D eigenvalue weighted by Gasteiger charge is -2.27. The molecule has 112 valence electrons. The third kappa shape index (κ3) is 4.76. The average molecular weight is 297 g/mol. The molecule has 0 amide bonds. The first-order valence-corrected chi connectivity index (χ1v) is 7.68. The van der Waals surface area contributed by atoms with Gasteiger partial charge in [0.25, 0.3) is 0 Å². The van der Waals surface area contributed by atoms with E-state index in [0.29, 0.717) is 10.9 Å². The molecule has 0 aliphatic rings. The van der Waals surface area contributed by atoms with Crippen molar-refractivity contribution in [2.24, 2.45) is 0 Å². The predicted molar refractivity (Wildman–Crippen MR) is 80.9 cm³/mol. The maximum Gasteiger partial charge on any atom is 0.326 e. The summed E-state index contributed by atoms with van der Waals surface area (Å²) >= 11 is 1.46. The minimum Gasteiger partial charge on any atom is -0.468 e. The van der Waals surface area contributed by atoms with Gasteiger partial charge in [-0.15, -0.1) is 0 Å². The second-order valence-corrected chi connectivity index (χ2v) is 5.91. The van der Waals surface area contributed by atoms with E-state index in [2.05, 4.69) is 22.2 Å². The van der Waals surface area contributed by atoms with Crippen molar-refractivity contribution in [1.29, 1.82) is 0 Å². The number of aromatic nitrogens is 2. The van der Waals surface area contributed by atoms with Crippen LogP contribution in [0.2, 0.25) is 0 Å². The first-order valence-electron chi connectivity index (χ1n) is 6.70. The highest BCUT2D eigenvalue weighted by Crippen LogP contribution is 2.21. The topological polar surface area (TPSA) is 64.1 Å². The number of carbonyl (C=O) groups excluding carboxylic acids is 1. The van der Waals surface area contributed by atoms with Crippen LogP contribution in [0.3, 0.4) is 0 Å². The fourth-order valence-corrected chi connectivity index (χ4v) is 2.83. The molecule has 1 aromatic rings. The number of nitrogens with one attached hydrogen (secondary N) is 1. The van der Waals surface area contributed by atoms with Crippen LogP contribution in [-0.2, 0) is 9.53 Å². The van der Waals surface area contributed by atoms with Gasteiger partial charge in [-0.1, -0.05) is 18.7 Å². The highest BCUT2D eigenvalue weighted by Gasteiger charge is 2.34. The Morgan fingerprint density at radius 3 is 2.50 bits per heavy atom. The van der Waals surface area contributed by atoms with Crippen LogP contribution in [0.15, 0.2) is 11.2 Å². The molecule has 1 atom stereocenters. The highest BCUT2D eigenvalue weighted by atomic mass is 32.2. The minimum atomic E-state index is -0.726. The minimum absolute atomic E-state index is 0.261. The monoisotopic (exact) mass is 297 g/mol. The second kappa shape index (κ2) is 7.59. The molecule has 0 bridgehead atoms. The molecule has 0 radical (unpaired) electrons. The van der Waals surface area contributed by atoms with Crippen LogP contribution in [0.1, 0.15) is 31.7 Å². The molecule has 5 nitrogen and oxygen atoms in total. The Balaban J connectivity index is 2.77. The van der Waals surface area contributed by atoms with Crippen molar-refractivity contribution in [3.8, 4) is 0 Å². The third-order valence-corrected chi connectivity index (χ3v) is 4.02. The number of aryl methyl sites for hydroxylation is 2. The Hall–Kier alpha value is -1.14. The Kier molecular flexibility index (Phi) is 6.42. The van der Waals surface area contributed by atoms with Gasteiger partial charge in [0.05, 0.1) is 7.11 Å². The molecule has 0 saturated carbocycles. The number of carbonyl (C=O) groups is 1. The molecule has 0 aliphatic carbocycles. The van der Waals surface area contributed by atoms with E-state index in [1.807, 2.05) is 26.8 Å². The quantitative estimate of drug-likeness (QED) is 0.472. The van der Waals surface area contributed by atoms with Crippen molar-refractivity contribution < 1.29 is 9.53 Å². The lowest BCUT2D eigenvalue weighted by atomic mass is 10.1. The standard InChI is InChI=1S/C14H23N3O2S/c1-6-7-15-14(4,12(18)19-5)9-20-13-16-10(2)8-11(3)17-13/h8,15H,6-7,9H2,1-5H3. The Morgan fingerprint density at radius 1 is 1.40 bits per heavy atom. The predicted octanol–water partition coefficient (Wildman–Crippen LogP) is 2.12. The number of hydrogen-bond acceptors (Lipinski definition) is 6. The van der Waals surface area contributed by atoms with Crippen LogP contribution in [0, 0.1) is 13.8 Å². The van der Waals surface area contributed by atoms with Gasteiger partial charge in [-0.2, -0.15) is 0 Å². The molecule has 1 N–H and O–H groups in total. The van der Waals surface area contributed by atoms with Crippen molar-refractivity contribution >= 4 is 17.7 Å². The zero-order valence-corrected chi connectivity index (χ0v) is 13.6. The molecule has 20 heavy (non-hydrogen) atoms. The molecular formula is C14H23N3O2S. The number of esters is 1. The fourth-order valence-electron chi connectivity index (χ4n) is 1.78. The molecule has 0 spiro atoms. The molecule has 0 fully saturated rings. The number of nitrogens with zero attached hydrogens (tertiary/aromatic N) is 2. The highest BCUT2D eigenvalue weighted by molar-refractivity contribution is 7.99. The van der Waals surface area contributed by atoms with E-state index >= 15 is 0 Å². The van der Waals surface area contributed by atoms with E-state index in [-0.39, 0.29) is 5.97 Å². The maximum absolute atomic E-state index is 12.0. The number of hydrogen-bond donors (Lipinski definition) is 1. The van der Waals surface area contributed by atoms with Gasteiger partial charge in [-0.3, -0.25) is 4.79 Å². The van der Waals surface area contributed by atoms with Crippen LogP contribution < -0.4 is 5.32 Å².